The van der Waals surface area contributed by atoms with Gasteiger partial charge in [0.1, 0.15) is 42.4 Å². The Morgan fingerprint density at radius 3 is 2.23 bits per heavy atom. The lowest BCUT2D eigenvalue weighted by Gasteiger charge is -2.63. The summed E-state index contributed by atoms with van der Waals surface area (Å²) in [5, 5.41) is 32.5. The number of hydrogen-bond donors (Lipinski definition) is 5. The standard InChI is InChI=1S/C54H63ClN8O7S/c1-31(33-10-14-35(15-11-33)45-32(2)59-30-71-45)60-48(67)42-24-39(64)28-63(42)49(68)46(52(3,4)5)61-44(65)29-69-23-22-57-43-21-19-38(27-58-43)34-12-16-36(17-13-34)47(66)62-50-53(6,7)51(54(50,8)9)70-40-20-18-37(26-56)41(55)25-40/h10-21,25,27,30-31,39,42,46,50-51,64H,22-24,28-29H2,1-9H3,(H,57,58)(H,60,67)(H,61,65)(H,62,66)/t31-,39+,42-,46?,50?,51?/m0/s1. The fraction of sp³-hybridized carbons (Fsp3) is 0.426. The first kappa shape index (κ1) is 52.4. The van der Waals surface area contributed by atoms with Crippen molar-refractivity contribution < 1.29 is 33.8 Å². The Hall–Kier alpha value is -6.38. The molecule has 1 aliphatic heterocycles. The Balaban J connectivity index is 0.847. The molecule has 1 saturated carbocycles. The van der Waals surface area contributed by atoms with E-state index < -0.39 is 46.2 Å². The first-order valence-corrected chi connectivity index (χ1v) is 25.0. The zero-order valence-electron chi connectivity index (χ0n) is 41.6. The largest absolute Gasteiger partial charge is 0.489 e. The third kappa shape index (κ3) is 11.9. The van der Waals surface area contributed by atoms with Gasteiger partial charge in [0, 0.05) is 59.8 Å². The lowest BCUT2D eigenvalue weighted by Crippen LogP contribution is -2.74. The van der Waals surface area contributed by atoms with Crippen LogP contribution in [-0.2, 0) is 19.1 Å². The van der Waals surface area contributed by atoms with Crippen molar-refractivity contribution in [2.24, 2.45) is 16.2 Å². The number of nitriles is 1. The quantitative estimate of drug-likeness (QED) is 0.0562. The van der Waals surface area contributed by atoms with Crippen LogP contribution in [-0.4, -0.2) is 100 Å². The summed E-state index contributed by atoms with van der Waals surface area (Å²) >= 11 is 7.82. The monoisotopic (exact) mass is 1000 g/mol. The fourth-order valence-corrected chi connectivity index (χ4v) is 11.0. The van der Waals surface area contributed by atoms with E-state index in [1.165, 1.54) is 4.90 Å². The van der Waals surface area contributed by atoms with Crippen LogP contribution < -0.4 is 26.0 Å². The molecule has 4 amide bonds. The van der Waals surface area contributed by atoms with Gasteiger partial charge in [0.05, 0.1) is 45.4 Å². The van der Waals surface area contributed by atoms with E-state index in [4.69, 9.17) is 21.1 Å². The van der Waals surface area contributed by atoms with Crippen molar-refractivity contribution in [3.05, 3.63) is 118 Å². The Labute approximate surface area is 424 Å². The number of aliphatic hydroxyl groups is 1. The van der Waals surface area contributed by atoms with Gasteiger partial charge in [0.2, 0.25) is 17.7 Å². The number of benzene rings is 3. The van der Waals surface area contributed by atoms with Crippen molar-refractivity contribution in [2.75, 3.05) is 31.6 Å². The van der Waals surface area contributed by atoms with E-state index in [1.807, 2.05) is 88.7 Å². The molecular weight excluding hydrogens is 940 g/mol. The van der Waals surface area contributed by atoms with Gasteiger partial charge in [-0.05, 0) is 72.4 Å². The third-order valence-corrected chi connectivity index (χ3v) is 14.8. The normalized spacial score (nSPS) is 19.9. The van der Waals surface area contributed by atoms with Crippen LogP contribution >= 0.6 is 22.9 Å². The molecule has 4 atom stereocenters. The smallest absolute Gasteiger partial charge is 0.251 e. The molecule has 17 heteroatoms. The Morgan fingerprint density at radius 2 is 1.62 bits per heavy atom. The van der Waals surface area contributed by atoms with Crippen molar-refractivity contribution in [1.82, 2.24) is 30.8 Å². The average Bonchev–Trinajstić information content (AvgIpc) is 3.96. The van der Waals surface area contributed by atoms with Crippen LogP contribution in [0.15, 0.2) is 90.6 Å². The summed E-state index contributed by atoms with van der Waals surface area (Å²) in [5.41, 5.74) is 5.83. The van der Waals surface area contributed by atoms with Gasteiger partial charge in [-0.3, -0.25) is 19.2 Å². The number of aryl methyl sites for hydroxylation is 1. The summed E-state index contributed by atoms with van der Waals surface area (Å²) in [5.74, 6) is -0.339. The number of nitrogens with zero attached hydrogens (tertiary/aromatic N) is 4. The van der Waals surface area contributed by atoms with E-state index in [9.17, 15) is 29.5 Å². The van der Waals surface area contributed by atoms with Crippen LogP contribution in [0.1, 0.15) is 95.0 Å². The molecule has 2 aliphatic rings. The van der Waals surface area contributed by atoms with Crippen LogP contribution in [0, 0.1) is 34.5 Å². The van der Waals surface area contributed by atoms with Crippen molar-refractivity contribution >= 4 is 52.4 Å². The molecule has 1 aliphatic carbocycles. The predicted molar refractivity (Wildman–Crippen MR) is 275 cm³/mol. The van der Waals surface area contributed by atoms with Gasteiger partial charge in [-0.1, -0.05) is 96.5 Å². The zero-order chi connectivity index (χ0) is 51.4. The number of carbonyl (C=O) groups is 4. The predicted octanol–water partition coefficient (Wildman–Crippen LogP) is 8.12. The number of hydrogen-bond acceptors (Lipinski definition) is 12. The Morgan fingerprint density at radius 1 is 0.944 bits per heavy atom. The second-order valence-corrected chi connectivity index (χ2v) is 21.9. The van der Waals surface area contributed by atoms with E-state index in [1.54, 1.807) is 47.9 Å². The van der Waals surface area contributed by atoms with Gasteiger partial charge < -0.3 is 40.7 Å². The van der Waals surface area contributed by atoms with Gasteiger partial charge in [-0.15, -0.1) is 11.3 Å². The van der Waals surface area contributed by atoms with E-state index in [0.717, 1.165) is 32.8 Å². The first-order chi connectivity index (χ1) is 33.6. The number of carbonyl (C=O) groups excluding carboxylic acids is 4. The summed E-state index contributed by atoms with van der Waals surface area (Å²) < 4.78 is 12.0. The summed E-state index contributed by atoms with van der Waals surface area (Å²) in [6.45, 7) is 17.8. The van der Waals surface area contributed by atoms with E-state index >= 15 is 0 Å². The topological polar surface area (TPSA) is 208 Å². The highest BCUT2D eigenvalue weighted by atomic mass is 35.5. The number of rotatable bonds is 17. The van der Waals surface area contributed by atoms with Crippen LogP contribution in [0.2, 0.25) is 5.02 Å². The van der Waals surface area contributed by atoms with Gasteiger partial charge in [0.15, 0.2) is 0 Å². The summed E-state index contributed by atoms with van der Waals surface area (Å²) in [6, 6.07) is 23.6. The maximum Gasteiger partial charge on any atom is 0.251 e. The molecule has 5 N–H and O–H groups in total. The molecule has 2 aromatic heterocycles. The molecule has 0 spiro atoms. The van der Waals surface area contributed by atoms with E-state index in [0.29, 0.717) is 34.3 Å². The molecule has 3 aromatic carbocycles. The summed E-state index contributed by atoms with van der Waals surface area (Å²) in [4.78, 5) is 65.8. The molecule has 71 heavy (non-hydrogen) atoms. The number of β-amino-alcohol motifs (C(OH)–C–C–N with tert-alkyl or cyclic N) is 1. The molecule has 2 fully saturated rings. The molecule has 7 rings (SSSR count). The van der Waals surface area contributed by atoms with Crippen LogP contribution in [0.4, 0.5) is 5.82 Å². The minimum Gasteiger partial charge on any atom is -0.489 e. The molecule has 1 saturated heterocycles. The molecule has 0 bridgehead atoms. The molecular formula is C54H63ClN8O7S. The van der Waals surface area contributed by atoms with Crippen molar-refractivity contribution in [2.45, 2.75) is 105 Å². The first-order valence-electron chi connectivity index (χ1n) is 23.7. The Kier molecular flexibility index (Phi) is 15.9. The molecule has 374 valence electrons. The second kappa shape index (κ2) is 21.5. The van der Waals surface area contributed by atoms with Crippen molar-refractivity contribution in [3.63, 3.8) is 0 Å². The second-order valence-electron chi connectivity index (χ2n) is 20.7. The van der Waals surface area contributed by atoms with Crippen molar-refractivity contribution in [1.29, 1.82) is 5.26 Å². The molecule has 5 aromatic rings. The lowest BCUT2D eigenvalue weighted by molar-refractivity contribution is -0.164. The number of amides is 4. The third-order valence-electron chi connectivity index (χ3n) is 13.5. The number of aromatic nitrogens is 2. The molecule has 0 radical (unpaired) electrons. The number of ether oxygens (including phenoxy) is 2. The van der Waals surface area contributed by atoms with Gasteiger partial charge in [-0.2, -0.15) is 5.26 Å². The number of halogens is 1. The highest BCUT2D eigenvalue weighted by molar-refractivity contribution is 7.13. The molecule has 1 unspecified atom stereocenters. The van der Waals surface area contributed by atoms with Crippen LogP contribution in [0.5, 0.6) is 5.75 Å². The van der Waals surface area contributed by atoms with Crippen LogP contribution in [0.25, 0.3) is 21.6 Å². The zero-order valence-corrected chi connectivity index (χ0v) is 43.2. The maximum atomic E-state index is 14.1. The number of likely N-dealkylation sites (tertiary alicyclic amines) is 1. The number of thiazole rings is 1. The maximum absolute atomic E-state index is 14.1. The molecule has 3 heterocycles. The highest BCUT2D eigenvalue weighted by Crippen LogP contribution is 2.55. The molecule has 15 nitrogen and oxygen atoms in total. The average molecular weight is 1000 g/mol. The van der Waals surface area contributed by atoms with E-state index in [2.05, 4.69) is 65.0 Å². The minimum atomic E-state index is -0.988. The van der Waals surface area contributed by atoms with E-state index in [-0.39, 0.29) is 56.2 Å². The number of pyridine rings is 1. The summed E-state index contributed by atoms with van der Waals surface area (Å²) in [6.07, 6.45) is 0.699. The van der Waals surface area contributed by atoms with Crippen LogP contribution in [0.3, 0.4) is 0 Å². The Bertz CT molecular complexity index is 2750. The van der Waals surface area contributed by atoms with Gasteiger partial charge in [0.25, 0.3) is 5.91 Å². The summed E-state index contributed by atoms with van der Waals surface area (Å²) in [7, 11) is 0. The van der Waals surface area contributed by atoms with Gasteiger partial charge in [-0.25, -0.2) is 9.97 Å². The minimum absolute atomic E-state index is 0.0317. The van der Waals surface area contributed by atoms with Crippen molar-refractivity contribution in [3.8, 4) is 33.4 Å². The number of aliphatic hydroxyl groups excluding tert-OH is 1. The highest BCUT2D eigenvalue weighted by Gasteiger charge is 2.64. The number of anilines is 1. The lowest BCUT2D eigenvalue weighted by atomic mass is 9.49. The SMILES string of the molecule is Cc1ncsc1-c1ccc([C@H](C)NC(=O)[C@@H]2C[C@@H](O)CN2C(=O)C(NC(=O)COCCNc2ccc(-c3ccc(C(=O)NC4C(C)(C)C(Oc5ccc(C#N)c(Cl)c5)C4(C)C)cc3)cn2)C(C)(C)C)cc1. The fourth-order valence-electron chi connectivity index (χ4n) is 9.93. The number of nitrogens with one attached hydrogen (secondary N) is 4. The van der Waals surface area contributed by atoms with Gasteiger partial charge >= 0.3 is 0 Å².